The van der Waals surface area contributed by atoms with Gasteiger partial charge in [0.15, 0.2) is 0 Å². The molecule has 0 bridgehead atoms. The van der Waals surface area contributed by atoms with Crippen molar-refractivity contribution in [2.45, 2.75) is 64.6 Å². The van der Waals surface area contributed by atoms with Crippen LogP contribution in [-0.2, 0) is 25.5 Å². The maximum atomic E-state index is 12.6. The van der Waals surface area contributed by atoms with E-state index in [1.54, 1.807) is 6.20 Å². The van der Waals surface area contributed by atoms with Gasteiger partial charge in [0, 0.05) is 30.4 Å². The van der Waals surface area contributed by atoms with Crippen LogP contribution >= 0.6 is 0 Å². The van der Waals surface area contributed by atoms with Crippen LogP contribution in [0.15, 0.2) is 48.3 Å². The van der Waals surface area contributed by atoms with Gasteiger partial charge in [0.05, 0.1) is 5.57 Å². The van der Waals surface area contributed by atoms with Gasteiger partial charge in [0.25, 0.3) is 0 Å². The second-order valence-electron chi connectivity index (χ2n) is 10.8. The van der Waals surface area contributed by atoms with E-state index in [4.69, 9.17) is 14.2 Å². The second kappa shape index (κ2) is 8.84. The van der Waals surface area contributed by atoms with Gasteiger partial charge in [-0.2, -0.15) is 0 Å². The molecule has 3 fully saturated rings. The molecule has 0 spiro atoms. The minimum Gasteiger partial charge on any atom is -0.458 e. The highest BCUT2D eigenvalue weighted by atomic mass is 16.7. The monoisotopic (exact) mass is 466 g/mol. The summed E-state index contributed by atoms with van der Waals surface area (Å²) in [6, 6.07) is 3.81. The molecular formula is C27H34N2O5. The molecule has 34 heavy (non-hydrogen) atoms. The quantitative estimate of drug-likeness (QED) is 0.493. The second-order valence-corrected chi connectivity index (χ2v) is 10.8. The highest BCUT2D eigenvalue weighted by molar-refractivity contribution is 5.91. The number of nitrogens with one attached hydrogen (secondary N) is 1. The fraction of sp³-hybridized carbons (Fsp3) is 0.593. The molecule has 0 radical (unpaired) electrons. The third-order valence-corrected chi connectivity index (χ3v) is 8.93. The Kier molecular flexibility index (Phi) is 6.00. The van der Waals surface area contributed by atoms with E-state index in [-0.39, 0.29) is 34.9 Å². The van der Waals surface area contributed by atoms with Crippen molar-refractivity contribution in [3.05, 3.63) is 53.9 Å². The van der Waals surface area contributed by atoms with Crippen molar-refractivity contribution in [3.8, 4) is 0 Å². The van der Waals surface area contributed by atoms with E-state index in [1.807, 2.05) is 24.4 Å². The molecule has 1 aromatic heterocycles. The van der Waals surface area contributed by atoms with Gasteiger partial charge in [0.1, 0.15) is 19.3 Å². The first kappa shape index (κ1) is 23.1. The van der Waals surface area contributed by atoms with Gasteiger partial charge in [-0.15, -0.1) is 0 Å². The number of fused-ring (bicyclic) bond motifs is 3. The van der Waals surface area contributed by atoms with Crippen molar-refractivity contribution in [1.29, 1.82) is 0 Å². The molecule has 1 aromatic rings. The summed E-state index contributed by atoms with van der Waals surface area (Å²) >= 11 is 0. The molecule has 6 atom stereocenters. The van der Waals surface area contributed by atoms with Crippen LogP contribution in [0, 0.1) is 22.7 Å². The zero-order valence-electron chi connectivity index (χ0n) is 20.0. The van der Waals surface area contributed by atoms with E-state index >= 15 is 0 Å². The molecule has 2 aliphatic heterocycles. The predicted octanol–water partition coefficient (Wildman–Crippen LogP) is 4.34. The fourth-order valence-electron chi connectivity index (χ4n) is 7.12. The van der Waals surface area contributed by atoms with Crippen molar-refractivity contribution >= 4 is 12.1 Å². The molecule has 5 rings (SSSR count). The Morgan fingerprint density at radius 3 is 2.82 bits per heavy atom. The average Bonchev–Trinajstić information content (AvgIpc) is 3.25. The van der Waals surface area contributed by atoms with Crippen LogP contribution in [0.1, 0.15) is 51.5 Å². The van der Waals surface area contributed by atoms with Gasteiger partial charge in [-0.1, -0.05) is 32.1 Å². The first-order valence-electron chi connectivity index (χ1n) is 12.3. The van der Waals surface area contributed by atoms with Crippen LogP contribution in [-0.4, -0.2) is 42.5 Å². The number of allylic oxidation sites excluding steroid dienone is 1. The third-order valence-electron chi connectivity index (χ3n) is 8.93. The summed E-state index contributed by atoms with van der Waals surface area (Å²) in [5.74, 6) is 0.322. The number of rotatable bonds is 6. The highest BCUT2D eigenvalue weighted by Gasteiger charge is 2.61. The van der Waals surface area contributed by atoms with Gasteiger partial charge in [-0.25, -0.2) is 9.59 Å². The summed E-state index contributed by atoms with van der Waals surface area (Å²) in [6.45, 7) is 10.4. The van der Waals surface area contributed by atoms with Crippen LogP contribution in [0.5, 0.6) is 0 Å². The van der Waals surface area contributed by atoms with Crippen LogP contribution in [0.25, 0.3) is 0 Å². The van der Waals surface area contributed by atoms with Crippen molar-refractivity contribution in [2.24, 2.45) is 22.7 Å². The molecular weight excluding hydrogens is 432 g/mol. The van der Waals surface area contributed by atoms with Crippen LogP contribution < -0.4 is 5.32 Å². The molecule has 1 saturated heterocycles. The fourth-order valence-corrected chi connectivity index (χ4v) is 7.12. The predicted molar refractivity (Wildman–Crippen MR) is 126 cm³/mol. The molecule has 2 saturated carbocycles. The van der Waals surface area contributed by atoms with Crippen molar-refractivity contribution < 1.29 is 23.8 Å². The Morgan fingerprint density at radius 2 is 2.09 bits per heavy atom. The lowest BCUT2D eigenvalue weighted by atomic mass is 9.45. The highest BCUT2D eigenvalue weighted by Crippen LogP contribution is 2.63. The Bertz CT molecular complexity index is 1010. The van der Waals surface area contributed by atoms with E-state index in [9.17, 15) is 9.59 Å². The van der Waals surface area contributed by atoms with Crippen LogP contribution in [0.3, 0.4) is 0 Å². The topological polar surface area (TPSA) is 86.8 Å². The summed E-state index contributed by atoms with van der Waals surface area (Å²) in [6.07, 6.45) is 9.34. The molecule has 3 unspecified atom stereocenters. The smallest absolute Gasteiger partial charge is 0.458 e. The number of esters is 1. The molecule has 7 nitrogen and oxygen atoms in total. The average molecular weight is 467 g/mol. The summed E-state index contributed by atoms with van der Waals surface area (Å²) in [7, 11) is 0. The van der Waals surface area contributed by atoms with Crippen molar-refractivity contribution in [3.63, 3.8) is 0 Å². The summed E-state index contributed by atoms with van der Waals surface area (Å²) in [5, 5.41) is 3.62. The van der Waals surface area contributed by atoms with Gasteiger partial charge in [-0.3, -0.25) is 4.98 Å². The lowest BCUT2D eigenvalue weighted by Gasteiger charge is -2.61. The maximum Gasteiger partial charge on any atom is 0.508 e. The lowest BCUT2D eigenvalue weighted by molar-refractivity contribution is -0.193. The van der Waals surface area contributed by atoms with E-state index in [1.165, 1.54) is 5.57 Å². The number of carbonyl (C=O) groups excluding carboxylic acids is 2. The molecule has 7 heteroatoms. The largest absolute Gasteiger partial charge is 0.508 e. The number of aromatic nitrogens is 1. The number of cyclic esters (lactones) is 2. The third kappa shape index (κ3) is 3.94. The zero-order chi connectivity index (χ0) is 23.9. The van der Waals surface area contributed by atoms with Gasteiger partial charge in [-0.05, 0) is 67.1 Å². The molecule has 0 amide bonds. The van der Waals surface area contributed by atoms with Crippen molar-refractivity contribution in [1.82, 2.24) is 10.3 Å². The number of pyridine rings is 1. The Morgan fingerprint density at radius 1 is 1.24 bits per heavy atom. The molecule has 3 heterocycles. The number of hydrogen-bond donors (Lipinski definition) is 1. The minimum absolute atomic E-state index is 0.0228. The summed E-state index contributed by atoms with van der Waals surface area (Å²) < 4.78 is 16.3. The first-order valence-corrected chi connectivity index (χ1v) is 12.3. The molecule has 1 N–H and O–H groups in total. The maximum absolute atomic E-state index is 12.6. The molecule has 4 aliphatic rings. The Balaban J connectivity index is 1.41. The Labute approximate surface area is 200 Å². The molecule has 182 valence electrons. The van der Waals surface area contributed by atoms with Crippen LogP contribution in [0.2, 0.25) is 0 Å². The summed E-state index contributed by atoms with van der Waals surface area (Å²) in [4.78, 5) is 28.6. The zero-order valence-corrected chi connectivity index (χ0v) is 20.0. The lowest BCUT2D eigenvalue weighted by Crippen LogP contribution is -2.61. The number of ether oxygens (including phenoxy) is 3. The first-order chi connectivity index (χ1) is 16.3. The van der Waals surface area contributed by atoms with E-state index in [0.29, 0.717) is 31.2 Å². The SMILES string of the molecule is C=C1CCC2[C@@](C)(CC[C@H]3OC(=O)OC[C@@]23C)C1CC(NCc1cccnc1)C1=CCOC1=O. The summed E-state index contributed by atoms with van der Waals surface area (Å²) in [5.41, 5.74) is 2.78. The number of carbonyl (C=O) groups is 2. The standard InChI is InChI=1S/C27H34N2O5/c1-17-6-7-22-26(2,10-8-23-27(22,3)16-33-25(31)34-23)20(17)13-21(19-9-12-32-24(19)30)29-15-18-5-4-11-28-14-18/h4-5,9,11,14,20-23,29H,1,6-8,10,12-13,15-16H2,2-3H3/t20?,21?,22?,23-,26+,27+/m1/s1. The molecule has 0 aromatic carbocycles. The molecule has 2 aliphatic carbocycles. The number of hydrogen-bond acceptors (Lipinski definition) is 7. The van der Waals surface area contributed by atoms with Gasteiger partial charge >= 0.3 is 12.1 Å². The van der Waals surface area contributed by atoms with Gasteiger partial charge in [0.2, 0.25) is 0 Å². The van der Waals surface area contributed by atoms with Crippen molar-refractivity contribution in [2.75, 3.05) is 13.2 Å². The van der Waals surface area contributed by atoms with E-state index < -0.39 is 6.16 Å². The van der Waals surface area contributed by atoms with Crippen LogP contribution in [0.4, 0.5) is 4.79 Å². The van der Waals surface area contributed by atoms with E-state index in [2.05, 4.69) is 30.7 Å². The van der Waals surface area contributed by atoms with E-state index in [0.717, 1.165) is 37.7 Å². The van der Waals surface area contributed by atoms with Gasteiger partial charge < -0.3 is 19.5 Å². The number of nitrogens with zero attached hydrogens (tertiary/aromatic N) is 1. The normalized spacial score (nSPS) is 35.9. The minimum atomic E-state index is -0.547. The Hall–Kier alpha value is -2.67.